The van der Waals surface area contributed by atoms with E-state index in [2.05, 4.69) is 11.8 Å². The summed E-state index contributed by atoms with van der Waals surface area (Å²) in [6.07, 6.45) is 5.97. The average Bonchev–Trinajstić information content (AvgIpc) is 2.60. The Balaban J connectivity index is 1.52. The van der Waals surface area contributed by atoms with Gasteiger partial charge in [0.05, 0.1) is 0 Å². The molecule has 2 aliphatic heterocycles. The Bertz CT molecular complexity index is 566. The number of carboxylic acid groups (broad SMARTS) is 1. The number of hydrogen-bond donors (Lipinski definition) is 1. The summed E-state index contributed by atoms with van der Waals surface area (Å²) in [7, 11) is 0. The second kappa shape index (κ2) is 7.88. The maximum Gasteiger partial charge on any atom is 0.339 e. The lowest BCUT2D eigenvalue weighted by Crippen LogP contribution is -2.38. The molecule has 1 aromatic rings. The molecule has 0 bridgehead atoms. The van der Waals surface area contributed by atoms with Gasteiger partial charge in [0.25, 0.3) is 0 Å². The van der Waals surface area contributed by atoms with E-state index in [4.69, 9.17) is 9.47 Å². The summed E-state index contributed by atoms with van der Waals surface area (Å²) in [5.41, 5.74) is 0.176. The third kappa shape index (κ3) is 4.01. The summed E-state index contributed by atoms with van der Waals surface area (Å²) in [5.74, 6) is 0.621. The number of fused-ring (bicyclic) bond motifs is 1. The fourth-order valence-corrected chi connectivity index (χ4v) is 3.63. The van der Waals surface area contributed by atoms with E-state index in [1.165, 1.54) is 45.3 Å². The van der Waals surface area contributed by atoms with Gasteiger partial charge in [0.1, 0.15) is 18.3 Å². The molecule has 5 heteroatoms. The number of carboxylic acids is 1. The van der Waals surface area contributed by atoms with E-state index in [0.29, 0.717) is 24.0 Å². The van der Waals surface area contributed by atoms with Crippen LogP contribution in [0, 0.1) is 5.92 Å². The van der Waals surface area contributed by atoms with Gasteiger partial charge in [-0.15, -0.1) is 0 Å². The van der Waals surface area contributed by atoms with E-state index in [-0.39, 0.29) is 11.7 Å². The SMILES string of the molecule is CCCCN1CCC(CC2COc3c(cccc3C(=O)O)O2)CC1. The van der Waals surface area contributed by atoms with Gasteiger partial charge in [-0.3, -0.25) is 0 Å². The number of aromatic carboxylic acids is 1. The van der Waals surface area contributed by atoms with Gasteiger partial charge >= 0.3 is 5.97 Å². The minimum absolute atomic E-state index is 0.0220. The zero-order valence-corrected chi connectivity index (χ0v) is 14.4. The number of benzene rings is 1. The van der Waals surface area contributed by atoms with Crippen LogP contribution in [0.5, 0.6) is 11.5 Å². The Labute approximate surface area is 143 Å². The van der Waals surface area contributed by atoms with Crippen LogP contribution in [-0.2, 0) is 0 Å². The van der Waals surface area contributed by atoms with Crippen molar-refractivity contribution in [3.05, 3.63) is 23.8 Å². The number of nitrogens with zero attached hydrogens (tertiary/aromatic N) is 1. The summed E-state index contributed by atoms with van der Waals surface area (Å²) < 4.78 is 11.7. The maximum atomic E-state index is 11.2. The molecule has 2 heterocycles. The van der Waals surface area contributed by atoms with Crippen LogP contribution in [0.4, 0.5) is 0 Å². The van der Waals surface area contributed by atoms with Gasteiger partial charge in [-0.1, -0.05) is 19.4 Å². The summed E-state index contributed by atoms with van der Waals surface area (Å²) in [6, 6.07) is 5.05. The van der Waals surface area contributed by atoms with Crippen molar-refractivity contribution in [3.63, 3.8) is 0 Å². The molecule has 1 N–H and O–H groups in total. The first kappa shape index (κ1) is 17.1. The molecule has 1 unspecified atom stereocenters. The minimum Gasteiger partial charge on any atom is -0.485 e. The van der Waals surface area contributed by atoms with Crippen LogP contribution in [0.3, 0.4) is 0 Å². The van der Waals surface area contributed by atoms with E-state index in [9.17, 15) is 9.90 Å². The largest absolute Gasteiger partial charge is 0.485 e. The second-order valence-electron chi connectivity index (χ2n) is 6.86. The highest BCUT2D eigenvalue weighted by molar-refractivity contribution is 5.92. The smallest absolute Gasteiger partial charge is 0.339 e. The van der Waals surface area contributed by atoms with Crippen molar-refractivity contribution in [1.29, 1.82) is 0 Å². The molecule has 3 rings (SSSR count). The van der Waals surface area contributed by atoms with Gasteiger partial charge in [0.15, 0.2) is 11.5 Å². The van der Waals surface area contributed by atoms with Gasteiger partial charge in [-0.2, -0.15) is 0 Å². The molecule has 0 aliphatic carbocycles. The Morgan fingerprint density at radius 2 is 2.12 bits per heavy atom. The van der Waals surface area contributed by atoms with Crippen molar-refractivity contribution in [2.75, 3.05) is 26.2 Å². The minimum atomic E-state index is -0.978. The topological polar surface area (TPSA) is 59.0 Å². The van der Waals surface area contributed by atoms with Crippen molar-refractivity contribution in [1.82, 2.24) is 4.90 Å². The van der Waals surface area contributed by atoms with E-state index in [1.54, 1.807) is 18.2 Å². The van der Waals surface area contributed by atoms with Crippen molar-refractivity contribution < 1.29 is 19.4 Å². The number of carbonyl (C=O) groups is 1. The highest BCUT2D eigenvalue weighted by Gasteiger charge is 2.29. The summed E-state index contributed by atoms with van der Waals surface area (Å²) >= 11 is 0. The van der Waals surface area contributed by atoms with Gasteiger partial charge in [-0.25, -0.2) is 4.79 Å². The molecule has 0 amide bonds. The van der Waals surface area contributed by atoms with E-state index in [0.717, 1.165) is 6.42 Å². The zero-order chi connectivity index (χ0) is 16.9. The predicted octanol–water partition coefficient (Wildman–Crippen LogP) is 3.43. The number of hydrogen-bond acceptors (Lipinski definition) is 4. The fraction of sp³-hybridized carbons (Fsp3) is 0.632. The number of rotatable bonds is 6. The van der Waals surface area contributed by atoms with Crippen LogP contribution in [0.15, 0.2) is 18.2 Å². The lowest BCUT2D eigenvalue weighted by molar-refractivity contribution is 0.0545. The van der Waals surface area contributed by atoms with Crippen molar-refractivity contribution >= 4 is 5.97 Å². The standard InChI is InChI=1S/C19H27NO4/c1-2-3-9-20-10-7-14(8-11-20)12-15-13-23-18-16(19(21)22)5-4-6-17(18)24-15/h4-6,14-15H,2-3,7-13H2,1H3,(H,21,22). The lowest BCUT2D eigenvalue weighted by Gasteiger charge is -2.35. The second-order valence-corrected chi connectivity index (χ2v) is 6.86. The first-order chi connectivity index (χ1) is 11.7. The van der Waals surface area contributed by atoms with Crippen LogP contribution in [0.1, 0.15) is 49.4 Å². The van der Waals surface area contributed by atoms with Crippen LogP contribution < -0.4 is 9.47 Å². The number of para-hydroxylation sites is 1. The van der Waals surface area contributed by atoms with Crippen LogP contribution in [0.25, 0.3) is 0 Å². The molecular formula is C19H27NO4. The molecule has 24 heavy (non-hydrogen) atoms. The van der Waals surface area contributed by atoms with Crippen LogP contribution in [-0.4, -0.2) is 48.3 Å². The maximum absolute atomic E-state index is 11.2. The highest BCUT2D eigenvalue weighted by Crippen LogP contribution is 2.37. The van der Waals surface area contributed by atoms with Gasteiger partial charge in [0.2, 0.25) is 0 Å². The third-order valence-electron chi connectivity index (χ3n) is 5.05. The summed E-state index contributed by atoms with van der Waals surface area (Å²) in [6.45, 7) is 6.25. The van der Waals surface area contributed by atoms with Crippen molar-refractivity contribution in [3.8, 4) is 11.5 Å². The Hall–Kier alpha value is -1.75. The molecule has 2 aliphatic rings. The predicted molar refractivity (Wildman–Crippen MR) is 92.0 cm³/mol. The quantitative estimate of drug-likeness (QED) is 0.864. The molecule has 5 nitrogen and oxygen atoms in total. The number of unbranched alkanes of at least 4 members (excludes halogenated alkanes) is 1. The Morgan fingerprint density at radius 1 is 1.33 bits per heavy atom. The molecule has 1 fully saturated rings. The molecule has 0 aromatic heterocycles. The summed E-state index contributed by atoms with van der Waals surface area (Å²) in [4.78, 5) is 13.8. The lowest BCUT2D eigenvalue weighted by atomic mass is 9.91. The summed E-state index contributed by atoms with van der Waals surface area (Å²) in [5, 5.41) is 9.21. The Morgan fingerprint density at radius 3 is 2.83 bits per heavy atom. The zero-order valence-electron chi connectivity index (χ0n) is 14.4. The molecule has 1 saturated heterocycles. The third-order valence-corrected chi connectivity index (χ3v) is 5.05. The molecule has 0 spiro atoms. The normalized spacial score (nSPS) is 21.6. The Kier molecular flexibility index (Phi) is 5.61. The average molecular weight is 333 g/mol. The van der Waals surface area contributed by atoms with Crippen LogP contribution >= 0.6 is 0 Å². The number of likely N-dealkylation sites (tertiary alicyclic amines) is 1. The van der Waals surface area contributed by atoms with E-state index < -0.39 is 5.97 Å². The van der Waals surface area contributed by atoms with Crippen molar-refractivity contribution in [2.45, 2.75) is 45.1 Å². The number of piperidine rings is 1. The van der Waals surface area contributed by atoms with Gasteiger partial charge < -0.3 is 19.5 Å². The molecular weight excluding hydrogens is 306 g/mol. The monoisotopic (exact) mass is 333 g/mol. The number of ether oxygens (including phenoxy) is 2. The van der Waals surface area contributed by atoms with Gasteiger partial charge in [0, 0.05) is 0 Å². The van der Waals surface area contributed by atoms with Crippen LogP contribution in [0.2, 0.25) is 0 Å². The first-order valence-electron chi connectivity index (χ1n) is 9.05. The molecule has 0 radical (unpaired) electrons. The molecule has 0 saturated carbocycles. The molecule has 1 aromatic carbocycles. The van der Waals surface area contributed by atoms with Gasteiger partial charge in [-0.05, 0) is 63.4 Å². The fourth-order valence-electron chi connectivity index (χ4n) is 3.63. The van der Waals surface area contributed by atoms with E-state index in [1.807, 2.05) is 0 Å². The first-order valence-corrected chi connectivity index (χ1v) is 9.05. The van der Waals surface area contributed by atoms with E-state index >= 15 is 0 Å². The molecule has 132 valence electrons. The molecule has 1 atom stereocenters. The highest BCUT2D eigenvalue weighted by atomic mass is 16.6. The van der Waals surface area contributed by atoms with Crippen molar-refractivity contribution in [2.24, 2.45) is 5.92 Å².